The van der Waals surface area contributed by atoms with E-state index in [1.54, 1.807) is 0 Å². The van der Waals surface area contributed by atoms with Crippen LogP contribution in [0.2, 0.25) is 5.02 Å². The molecule has 2 aromatic rings. The second kappa shape index (κ2) is 3.86. The van der Waals surface area contributed by atoms with Crippen LogP contribution in [0.15, 0.2) is 22.6 Å². The Labute approximate surface area is 99.6 Å². The van der Waals surface area contributed by atoms with Crippen molar-refractivity contribution in [3.63, 3.8) is 0 Å². The monoisotopic (exact) mass is 320 g/mol. The summed E-state index contributed by atoms with van der Waals surface area (Å²) in [5.41, 5.74) is 1.95. The molecule has 0 amide bonds. The number of hydrogen-bond donors (Lipinski definition) is 0. The van der Waals surface area contributed by atoms with Crippen LogP contribution in [-0.2, 0) is 0 Å². The Morgan fingerprint density at radius 1 is 1.36 bits per heavy atom. The molecule has 0 saturated carbocycles. The van der Waals surface area contributed by atoms with Crippen LogP contribution in [0, 0.1) is 10.8 Å². The van der Waals surface area contributed by atoms with Gasteiger partial charge in [-0.15, -0.1) is 10.2 Å². The standard InChI is InChI=1S/C9H6ClIN2O/c1-5-2-3-6(10)4-7(5)8-12-13-9(11)14-8/h2-4H,1H3. The highest BCUT2D eigenvalue weighted by Gasteiger charge is 2.09. The molecule has 1 aromatic heterocycles. The summed E-state index contributed by atoms with van der Waals surface area (Å²) in [6.45, 7) is 1.97. The smallest absolute Gasteiger partial charge is 0.278 e. The summed E-state index contributed by atoms with van der Waals surface area (Å²) < 4.78 is 5.84. The summed E-state index contributed by atoms with van der Waals surface area (Å²) in [5, 5.41) is 8.36. The molecule has 0 saturated heterocycles. The van der Waals surface area contributed by atoms with Crippen molar-refractivity contribution >= 4 is 34.2 Å². The number of rotatable bonds is 1. The highest BCUT2D eigenvalue weighted by molar-refractivity contribution is 14.1. The van der Waals surface area contributed by atoms with Gasteiger partial charge >= 0.3 is 0 Å². The molecule has 0 aliphatic heterocycles. The van der Waals surface area contributed by atoms with Gasteiger partial charge in [-0.1, -0.05) is 17.7 Å². The Morgan fingerprint density at radius 3 is 2.79 bits per heavy atom. The van der Waals surface area contributed by atoms with Crippen LogP contribution in [0.1, 0.15) is 5.56 Å². The summed E-state index contributed by atoms with van der Waals surface area (Å²) in [4.78, 5) is 0. The predicted octanol–water partition coefficient (Wildman–Crippen LogP) is 3.30. The fourth-order valence-corrected chi connectivity index (χ4v) is 1.63. The summed E-state index contributed by atoms with van der Waals surface area (Å²) in [5.74, 6) is 0.509. The van der Waals surface area contributed by atoms with Gasteiger partial charge in [0.05, 0.1) is 0 Å². The van der Waals surface area contributed by atoms with Crippen molar-refractivity contribution in [2.45, 2.75) is 6.92 Å². The van der Waals surface area contributed by atoms with E-state index in [9.17, 15) is 0 Å². The number of hydrogen-bond acceptors (Lipinski definition) is 3. The average molecular weight is 321 g/mol. The van der Waals surface area contributed by atoms with Crippen LogP contribution in [-0.4, -0.2) is 10.2 Å². The third-order valence-electron chi connectivity index (χ3n) is 1.83. The van der Waals surface area contributed by atoms with Gasteiger partial charge in [-0.05, 0) is 24.6 Å². The van der Waals surface area contributed by atoms with E-state index in [2.05, 4.69) is 10.2 Å². The van der Waals surface area contributed by atoms with Crippen molar-refractivity contribution in [2.24, 2.45) is 0 Å². The number of aromatic nitrogens is 2. The molecular weight excluding hydrogens is 314 g/mol. The lowest BCUT2D eigenvalue weighted by atomic mass is 10.1. The number of aryl methyl sites for hydroxylation is 1. The molecule has 72 valence electrons. The van der Waals surface area contributed by atoms with Gasteiger partial charge < -0.3 is 4.42 Å². The first-order chi connectivity index (χ1) is 6.66. The second-order valence-electron chi connectivity index (χ2n) is 2.82. The van der Waals surface area contributed by atoms with E-state index in [0.29, 0.717) is 14.8 Å². The van der Waals surface area contributed by atoms with Crippen molar-refractivity contribution in [1.82, 2.24) is 10.2 Å². The van der Waals surface area contributed by atoms with Gasteiger partial charge in [0.2, 0.25) is 5.89 Å². The molecule has 5 heteroatoms. The zero-order chi connectivity index (χ0) is 10.1. The second-order valence-corrected chi connectivity index (χ2v) is 4.18. The van der Waals surface area contributed by atoms with Gasteiger partial charge in [0, 0.05) is 33.2 Å². The molecule has 0 N–H and O–H groups in total. The van der Waals surface area contributed by atoms with Crippen molar-refractivity contribution in [3.05, 3.63) is 32.7 Å². The third kappa shape index (κ3) is 1.90. The largest absolute Gasteiger partial charge is 0.412 e. The van der Waals surface area contributed by atoms with Crippen LogP contribution < -0.4 is 0 Å². The number of nitrogens with zero attached hydrogens (tertiary/aromatic N) is 2. The molecule has 0 bridgehead atoms. The highest BCUT2D eigenvalue weighted by Crippen LogP contribution is 2.25. The Bertz CT molecular complexity index is 470. The first-order valence-electron chi connectivity index (χ1n) is 3.92. The first-order valence-corrected chi connectivity index (χ1v) is 5.38. The van der Waals surface area contributed by atoms with Crippen molar-refractivity contribution < 1.29 is 4.42 Å². The fourth-order valence-electron chi connectivity index (χ4n) is 1.14. The van der Waals surface area contributed by atoms with Gasteiger partial charge in [-0.2, -0.15) is 0 Å². The molecular formula is C9H6ClIN2O. The number of benzene rings is 1. The Hall–Kier alpha value is -0.620. The quantitative estimate of drug-likeness (QED) is 0.757. The molecule has 2 rings (SSSR count). The summed E-state index contributed by atoms with van der Waals surface area (Å²) in [6, 6.07) is 5.58. The molecule has 3 nitrogen and oxygen atoms in total. The Morgan fingerprint density at radius 2 is 2.14 bits per heavy atom. The molecule has 0 atom stereocenters. The minimum Gasteiger partial charge on any atom is -0.412 e. The molecule has 0 aliphatic carbocycles. The van der Waals surface area contributed by atoms with Crippen molar-refractivity contribution in [1.29, 1.82) is 0 Å². The van der Waals surface area contributed by atoms with Gasteiger partial charge in [-0.25, -0.2) is 0 Å². The van der Waals surface area contributed by atoms with Gasteiger partial charge in [0.15, 0.2) is 0 Å². The maximum absolute atomic E-state index is 5.88. The molecule has 0 spiro atoms. The van der Waals surface area contributed by atoms with Crippen LogP contribution in [0.4, 0.5) is 0 Å². The zero-order valence-electron chi connectivity index (χ0n) is 7.29. The third-order valence-corrected chi connectivity index (χ3v) is 2.50. The van der Waals surface area contributed by atoms with Gasteiger partial charge in [0.1, 0.15) is 0 Å². The Balaban J connectivity index is 2.55. The van der Waals surface area contributed by atoms with Crippen LogP contribution in [0.5, 0.6) is 0 Å². The SMILES string of the molecule is Cc1ccc(Cl)cc1-c1nnc(I)o1. The average Bonchev–Trinajstić information content (AvgIpc) is 2.56. The van der Waals surface area contributed by atoms with Crippen LogP contribution >= 0.6 is 34.2 Å². The minimum atomic E-state index is 0.509. The molecule has 0 aliphatic rings. The molecule has 0 unspecified atom stereocenters. The molecule has 1 heterocycles. The molecule has 14 heavy (non-hydrogen) atoms. The van der Waals surface area contributed by atoms with E-state index >= 15 is 0 Å². The van der Waals surface area contributed by atoms with E-state index in [1.807, 2.05) is 47.7 Å². The van der Waals surface area contributed by atoms with E-state index in [1.165, 1.54) is 0 Å². The summed E-state index contributed by atoms with van der Waals surface area (Å²) in [7, 11) is 0. The van der Waals surface area contributed by atoms with Gasteiger partial charge in [-0.3, -0.25) is 0 Å². The summed E-state index contributed by atoms with van der Waals surface area (Å²) >= 11 is 7.86. The van der Waals surface area contributed by atoms with E-state index < -0.39 is 0 Å². The maximum atomic E-state index is 5.88. The van der Waals surface area contributed by atoms with Crippen LogP contribution in [0.3, 0.4) is 0 Å². The van der Waals surface area contributed by atoms with E-state index in [0.717, 1.165) is 11.1 Å². The maximum Gasteiger partial charge on any atom is 0.278 e. The van der Waals surface area contributed by atoms with Crippen LogP contribution in [0.25, 0.3) is 11.5 Å². The Kier molecular flexibility index (Phi) is 2.73. The van der Waals surface area contributed by atoms with Crippen molar-refractivity contribution in [3.8, 4) is 11.5 Å². The first kappa shape index (κ1) is 9.92. The van der Waals surface area contributed by atoms with Gasteiger partial charge in [0.25, 0.3) is 3.90 Å². The fraction of sp³-hybridized carbons (Fsp3) is 0.111. The highest BCUT2D eigenvalue weighted by atomic mass is 127. The van der Waals surface area contributed by atoms with Crippen molar-refractivity contribution in [2.75, 3.05) is 0 Å². The molecule has 1 aromatic carbocycles. The minimum absolute atomic E-state index is 0.509. The summed E-state index contributed by atoms with van der Waals surface area (Å²) in [6.07, 6.45) is 0. The molecule has 0 fully saturated rings. The predicted molar refractivity (Wildman–Crippen MR) is 62.2 cm³/mol. The zero-order valence-corrected chi connectivity index (χ0v) is 10.2. The lowest BCUT2D eigenvalue weighted by molar-refractivity contribution is 0.536. The lowest BCUT2D eigenvalue weighted by Gasteiger charge is -2.00. The van der Waals surface area contributed by atoms with E-state index in [-0.39, 0.29) is 0 Å². The van der Waals surface area contributed by atoms with E-state index in [4.69, 9.17) is 16.0 Å². The number of halogens is 2. The molecule has 0 radical (unpaired) electrons. The normalized spacial score (nSPS) is 10.5. The topological polar surface area (TPSA) is 38.9 Å². The lowest BCUT2D eigenvalue weighted by Crippen LogP contribution is -1.83.